The van der Waals surface area contributed by atoms with Gasteiger partial charge in [0.1, 0.15) is 0 Å². The number of hydrogen-bond acceptors (Lipinski definition) is 2. The zero-order chi connectivity index (χ0) is 11.5. The lowest BCUT2D eigenvalue weighted by Gasteiger charge is -2.29. The zero-order valence-corrected chi connectivity index (χ0v) is 11.1. The maximum absolute atomic E-state index is 3.56. The third-order valence-corrected chi connectivity index (χ3v) is 2.97. The number of nitrogens with one attached hydrogen (secondary N) is 1. The van der Waals surface area contributed by atoms with Gasteiger partial charge in [-0.3, -0.25) is 4.90 Å². The van der Waals surface area contributed by atoms with E-state index in [0.29, 0.717) is 6.04 Å². The normalized spacial score (nSPS) is 17.8. The first kappa shape index (κ1) is 13.0. The highest BCUT2D eigenvalue weighted by Crippen LogP contribution is 2.30. The molecule has 1 aliphatic rings. The summed E-state index contributed by atoms with van der Waals surface area (Å²) in [7, 11) is 0. The van der Waals surface area contributed by atoms with Crippen molar-refractivity contribution in [1.29, 1.82) is 0 Å². The van der Waals surface area contributed by atoms with Crippen LogP contribution >= 0.6 is 0 Å². The fourth-order valence-electron chi connectivity index (χ4n) is 1.77. The molecule has 15 heavy (non-hydrogen) atoms. The minimum Gasteiger partial charge on any atom is -0.311 e. The van der Waals surface area contributed by atoms with Crippen molar-refractivity contribution in [3.63, 3.8) is 0 Å². The van der Waals surface area contributed by atoms with Crippen molar-refractivity contribution >= 4 is 0 Å². The third kappa shape index (κ3) is 6.16. The highest BCUT2D eigenvalue weighted by atomic mass is 15.2. The lowest BCUT2D eigenvalue weighted by Crippen LogP contribution is -2.43. The molecular formula is C13H28N2. The van der Waals surface area contributed by atoms with Gasteiger partial charge in [0.05, 0.1) is 0 Å². The average Bonchev–Trinajstić information content (AvgIpc) is 2.83. The first-order chi connectivity index (χ1) is 6.88. The van der Waals surface area contributed by atoms with Crippen LogP contribution < -0.4 is 5.32 Å². The molecule has 0 radical (unpaired) electrons. The lowest BCUT2D eigenvalue weighted by atomic mass is 10.1. The average molecular weight is 212 g/mol. The van der Waals surface area contributed by atoms with Gasteiger partial charge < -0.3 is 5.32 Å². The van der Waals surface area contributed by atoms with Crippen molar-refractivity contribution in [2.75, 3.05) is 19.6 Å². The molecule has 0 aromatic rings. The van der Waals surface area contributed by atoms with Crippen molar-refractivity contribution in [2.24, 2.45) is 5.92 Å². The van der Waals surface area contributed by atoms with Crippen LogP contribution in [0.25, 0.3) is 0 Å². The van der Waals surface area contributed by atoms with Gasteiger partial charge in [-0.05, 0) is 53.4 Å². The molecule has 0 spiro atoms. The van der Waals surface area contributed by atoms with E-state index in [1.54, 1.807) is 0 Å². The van der Waals surface area contributed by atoms with Gasteiger partial charge in [0.25, 0.3) is 0 Å². The third-order valence-electron chi connectivity index (χ3n) is 2.97. The Labute approximate surface area is 95.4 Å². The molecule has 1 fully saturated rings. The Balaban J connectivity index is 2.19. The van der Waals surface area contributed by atoms with E-state index in [1.807, 2.05) is 0 Å². The summed E-state index contributed by atoms with van der Waals surface area (Å²) in [4.78, 5) is 2.61. The SMILES string of the molecule is CC(C)N(CCNC(C)(C)C)CC1CC1. The van der Waals surface area contributed by atoms with E-state index in [-0.39, 0.29) is 5.54 Å². The lowest BCUT2D eigenvalue weighted by molar-refractivity contribution is 0.206. The fraction of sp³-hybridized carbons (Fsp3) is 1.00. The van der Waals surface area contributed by atoms with Crippen molar-refractivity contribution in [2.45, 2.75) is 59.0 Å². The molecule has 0 heterocycles. The molecule has 2 nitrogen and oxygen atoms in total. The second-order valence-electron chi connectivity index (χ2n) is 6.21. The maximum Gasteiger partial charge on any atom is 0.0110 e. The molecule has 0 atom stereocenters. The Morgan fingerprint density at radius 1 is 1.27 bits per heavy atom. The topological polar surface area (TPSA) is 15.3 Å². The summed E-state index contributed by atoms with van der Waals surface area (Å²) >= 11 is 0. The molecule has 0 aromatic heterocycles. The highest BCUT2D eigenvalue weighted by molar-refractivity contribution is 4.80. The Kier molecular flexibility index (Phi) is 4.60. The summed E-state index contributed by atoms with van der Waals surface area (Å²) in [5, 5.41) is 3.56. The standard InChI is InChI=1S/C13H28N2/c1-11(2)15(10-12-6-7-12)9-8-14-13(3,4)5/h11-12,14H,6-10H2,1-5H3. The Bertz CT molecular complexity index is 177. The van der Waals surface area contributed by atoms with Crippen LogP contribution in [-0.4, -0.2) is 36.1 Å². The smallest absolute Gasteiger partial charge is 0.0110 e. The second kappa shape index (κ2) is 5.31. The van der Waals surface area contributed by atoms with Crippen LogP contribution in [0.2, 0.25) is 0 Å². The van der Waals surface area contributed by atoms with Crippen LogP contribution in [0.4, 0.5) is 0 Å². The molecule has 0 saturated heterocycles. The first-order valence-electron chi connectivity index (χ1n) is 6.37. The minimum absolute atomic E-state index is 0.252. The molecule has 0 amide bonds. The van der Waals surface area contributed by atoms with Crippen molar-refractivity contribution in [3.05, 3.63) is 0 Å². The van der Waals surface area contributed by atoms with Gasteiger partial charge in [-0.2, -0.15) is 0 Å². The Hall–Kier alpha value is -0.0800. The van der Waals surface area contributed by atoms with Gasteiger partial charge in [-0.1, -0.05) is 0 Å². The number of hydrogen-bond donors (Lipinski definition) is 1. The van der Waals surface area contributed by atoms with Gasteiger partial charge in [-0.15, -0.1) is 0 Å². The molecule has 90 valence electrons. The summed E-state index contributed by atoms with van der Waals surface area (Å²) < 4.78 is 0. The molecule has 0 aliphatic heterocycles. The molecule has 0 unspecified atom stereocenters. The molecule has 2 heteroatoms. The van der Waals surface area contributed by atoms with Crippen LogP contribution in [0.3, 0.4) is 0 Å². The van der Waals surface area contributed by atoms with Gasteiger partial charge >= 0.3 is 0 Å². The zero-order valence-electron chi connectivity index (χ0n) is 11.1. The summed E-state index contributed by atoms with van der Waals surface area (Å²) in [5.41, 5.74) is 0.252. The van der Waals surface area contributed by atoms with E-state index < -0.39 is 0 Å². The summed E-state index contributed by atoms with van der Waals surface area (Å²) in [6.45, 7) is 14.9. The van der Waals surface area contributed by atoms with E-state index in [2.05, 4.69) is 44.8 Å². The van der Waals surface area contributed by atoms with Crippen LogP contribution in [0, 0.1) is 5.92 Å². The van der Waals surface area contributed by atoms with Crippen molar-refractivity contribution in [3.8, 4) is 0 Å². The van der Waals surface area contributed by atoms with Crippen molar-refractivity contribution in [1.82, 2.24) is 10.2 Å². The molecule has 0 bridgehead atoms. The second-order valence-corrected chi connectivity index (χ2v) is 6.21. The predicted octanol–water partition coefficient (Wildman–Crippen LogP) is 2.49. The van der Waals surface area contributed by atoms with E-state index in [1.165, 1.54) is 25.9 Å². The predicted molar refractivity (Wildman–Crippen MR) is 67.2 cm³/mol. The molecule has 1 aliphatic carbocycles. The van der Waals surface area contributed by atoms with E-state index in [9.17, 15) is 0 Å². The van der Waals surface area contributed by atoms with E-state index in [0.717, 1.165) is 12.5 Å². The molecule has 0 aromatic carbocycles. The maximum atomic E-state index is 3.56. The Morgan fingerprint density at radius 3 is 2.27 bits per heavy atom. The van der Waals surface area contributed by atoms with E-state index >= 15 is 0 Å². The van der Waals surface area contributed by atoms with Crippen LogP contribution in [0.15, 0.2) is 0 Å². The van der Waals surface area contributed by atoms with Gasteiger partial charge in [0, 0.05) is 31.2 Å². The molecule has 1 rings (SSSR count). The minimum atomic E-state index is 0.252. The summed E-state index contributed by atoms with van der Waals surface area (Å²) in [6, 6.07) is 0.687. The molecule has 1 saturated carbocycles. The number of rotatable bonds is 6. The quantitative estimate of drug-likeness (QED) is 0.728. The highest BCUT2D eigenvalue weighted by Gasteiger charge is 2.25. The number of nitrogens with zero attached hydrogens (tertiary/aromatic N) is 1. The monoisotopic (exact) mass is 212 g/mol. The Morgan fingerprint density at radius 2 is 1.87 bits per heavy atom. The first-order valence-corrected chi connectivity index (χ1v) is 6.37. The van der Waals surface area contributed by atoms with E-state index in [4.69, 9.17) is 0 Å². The van der Waals surface area contributed by atoms with Crippen LogP contribution in [-0.2, 0) is 0 Å². The van der Waals surface area contributed by atoms with Crippen LogP contribution in [0.1, 0.15) is 47.5 Å². The van der Waals surface area contributed by atoms with Gasteiger partial charge in [-0.25, -0.2) is 0 Å². The van der Waals surface area contributed by atoms with Crippen LogP contribution in [0.5, 0.6) is 0 Å². The summed E-state index contributed by atoms with van der Waals surface area (Å²) in [5.74, 6) is 1.00. The molecule has 1 N–H and O–H groups in total. The fourth-order valence-corrected chi connectivity index (χ4v) is 1.77. The van der Waals surface area contributed by atoms with Gasteiger partial charge in [0.2, 0.25) is 0 Å². The van der Waals surface area contributed by atoms with Gasteiger partial charge in [0.15, 0.2) is 0 Å². The summed E-state index contributed by atoms with van der Waals surface area (Å²) in [6.07, 6.45) is 2.91. The molecular weight excluding hydrogens is 184 g/mol. The largest absolute Gasteiger partial charge is 0.311 e. The van der Waals surface area contributed by atoms with Crippen molar-refractivity contribution < 1.29 is 0 Å².